The van der Waals surface area contributed by atoms with Crippen molar-refractivity contribution in [3.8, 4) is 0 Å². The first-order valence-corrected chi connectivity index (χ1v) is 5.62. The van der Waals surface area contributed by atoms with Gasteiger partial charge >= 0.3 is 11.3 Å². The number of nitrogens with zero attached hydrogens (tertiary/aromatic N) is 2. The number of halogens is 3. The summed E-state index contributed by atoms with van der Waals surface area (Å²) in [4.78, 5) is 3.44. The normalized spacial score (nSPS) is 19.1. The fourth-order valence-corrected chi connectivity index (χ4v) is 1.43. The Morgan fingerprint density at radius 1 is 1.59 bits per heavy atom. The first kappa shape index (κ1) is 12.7. The number of nitrogens with two attached hydrogens (primary N) is 1. The molecule has 1 heterocycles. The molecule has 96 valence electrons. The summed E-state index contributed by atoms with van der Waals surface area (Å²) >= 11 is 4.73. The molecule has 1 unspecified atom stereocenters. The van der Waals surface area contributed by atoms with Crippen molar-refractivity contribution < 1.29 is 18.0 Å². The van der Waals surface area contributed by atoms with Gasteiger partial charge in [0.25, 0.3) is 0 Å². The molecule has 0 saturated heterocycles. The van der Waals surface area contributed by atoms with Crippen molar-refractivity contribution in [3.63, 3.8) is 0 Å². The predicted molar refractivity (Wildman–Crippen MR) is 54.6 cm³/mol. The van der Waals surface area contributed by atoms with E-state index >= 15 is 0 Å². The maximum atomic E-state index is 12.6. The molecule has 8 heteroatoms. The number of alkyl halides is 3. The number of aromatic nitrogens is 2. The molecule has 2 N–H and O–H groups in total. The summed E-state index contributed by atoms with van der Waals surface area (Å²) in [5, 5.41) is -0.318. The Labute approximate surface area is 101 Å². The van der Waals surface area contributed by atoms with Crippen molar-refractivity contribution in [2.45, 2.75) is 36.8 Å². The van der Waals surface area contributed by atoms with E-state index in [0.717, 1.165) is 19.3 Å². The molecule has 5 nitrogen and oxygen atoms in total. The van der Waals surface area contributed by atoms with Gasteiger partial charge in [-0.1, -0.05) is 5.16 Å². The van der Waals surface area contributed by atoms with Gasteiger partial charge in [-0.3, -0.25) is 0 Å². The number of hydrogen-bond donors (Lipinski definition) is 1. The summed E-state index contributed by atoms with van der Waals surface area (Å²) < 4.78 is 35.0. The van der Waals surface area contributed by atoms with Crippen molar-refractivity contribution in [1.29, 1.82) is 0 Å². The minimum Gasteiger partial charge on any atom is -0.376 e. The van der Waals surface area contributed by atoms with Gasteiger partial charge in [0.05, 0.1) is 18.8 Å². The third-order valence-electron chi connectivity index (χ3n) is 2.58. The van der Waals surface area contributed by atoms with Gasteiger partial charge in [-0.25, -0.2) is 0 Å². The van der Waals surface area contributed by atoms with Crippen molar-refractivity contribution in [2.75, 3.05) is 6.61 Å². The van der Waals surface area contributed by atoms with Crippen molar-refractivity contribution in [2.24, 2.45) is 5.73 Å². The molecule has 1 aliphatic carbocycles. The van der Waals surface area contributed by atoms with E-state index in [9.17, 15) is 8.78 Å². The second-order valence-corrected chi connectivity index (χ2v) is 4.42. The highest BCUT2D eigenvalue weighted by Crippen LogP contribution is 2.31. The van der Waals surface area contributed by atoms with Crippen LogP contribution in [0.5, 0.6) is 0 Å². The van der Waals surface area contributed by atoms with Gasteiger partial charge in [-0.05, 0) is 30.9 Å². The average Bonchev–Trinajstić information content (AvgIpc) is 2.62. The zero-order valence-electron chi connectivity index (χ0n) is 8.91. The molecular weight excluding hydrogens is 256 g/mol. The van der Waals surface area contributed by atoms with Crippen LogP contribution in [-0.2, 0) is 10.1 Å². The summed E-state index contributed by atoms with van der Waals surface area (Å²) in [6.07, 6.45) is 3.36. The number of rotatable bonds is 5. The minimum absolute atomic E-state index is 0.0281. The summed E-state index contributed by atoms with van der Waals surface area (Å²) in [6.45, 7) is 0.178. The zero-order chi connectivity index (χ0) is 12.5. The number of hydrogen-bond acceptors (Lipinski definition) is 5. The quantitative estimate of drug-likeness (QED) is 0.825. The first-order chi connectivity index (χ1) is 7.97. The molecule has 0 spiro atoms. The summed E-state index contributed by atoms with van der Waals surface area (Å²) in [5.74, 6) is -0.979. The molecule has 0 radical (unpaired) electrons. The van der Waals surface area contributed by atoms with Gasteiger partial charge < -0.3 is 15.0 Å². The largest absolute Gasteiger partial charge is 0.400 e. The highest BCUT2D eigenvalue weighted by Gasteiger charge is 2.36. The lowest BCUT2D eigenvalue weighted by Crippen LogP contribution is -2.27. The van der Waals surface area contributed by atoms with Crippen molar-refractivity contribution in [3.05, 3.63) is 11.7 Å². The fourth-order valence-electron chi connectivity index (χ4n) is 1.35. The van der Waals surface area contributed by atoms with E-state index in [0.29, 0.717) is 0 Å². The average molecular weight is 268 g/mol. The van der Waals surface area contributed by atoms with E-state index in [2.05, 4.69) is 14.7 Å². The maximum Gasteiger partial charge on any atom is 0.400 e. The predicted octanol–water partition coefficient (Wildman–Crippen LogP) is 1.93. The van der Waals surface area contributed by atoms with Crippen molar-refractivity contribution in [1.82, 2.24) is 10.1 Å². The molecule has 1 aromatic heterocycles. The molecule has 17 heavy (non-hydrogen) atoms. The van der Waals surface area contributed by atoms with Gasteiger partial charge in [-0.2, -0.15) is 13.8 Å². The van der Waals surface area contributed by atoms with E-state index in [1.165, 1.54) is 0 Å². The standard InChI is InChI=1S/C9H12ClF2N3O2/c10-9(11,12)8-14-7(15-17-8)6(13)4-16-5-2-1-3-5/h5-6H,1-4,13H2. The lowest BCUT2D eigenvalue weighted by molar-refractivity contribution is -0.00549. The van der Waals surface area contributed by atoms with Crippen LogP contribution in [-0.4, -0.2) is 22.9 Å². The number of ether oxygens (including phenoxy) is 1. The molecule has 2 rings (SSSR count). The smallest absolute Gasteiger partial charge is 0.376 e. The summed E-state index contributed by atoms with van der Waals surface area (Å²) in [7, 11) is 0. The van der Waals surface area contributed by atoms with E-state index in [4.69, 9.17) is 22.1 Å². The molecule has 1 atom stereocenters. The van der Waals surface area contributed by atoms with E-state index in [1.807, 2.05) is 0 Å². The van der Waals surface area contributed by atoms with Crippen LogP contribution >= 0.6 is 11.6 Å². The first-order valence-electron chi connectivity index (χ1n) is 5.25. The lowest BCUT2D eigenvalue weighted by atomic mass is 9.96. The third kappa shape index (κ3) is 3.11. The molecule has 0 amide bonds. The van der Waals surface area contributed by atoms with Crippen LogP contribution in [0.2, 0.25) is 0 Å². The second kappa shape index (κ2) is 4.83. The SMILES string of the molecule is NC(COC1CCC1)c1noc(C(F)(F)Cl)n1. The van der Waals surface area contributed by atoms with E-state index in [-0.39, 0.29) is 18.5 Å². The molecule has 1 fully saturated rings. The Morgan fingerprint density at radius 2 is 2.29 bits per heavy atom. The molecule has 1 aromatic rings. The van der Waals surface area contributed by atoms with Crippen LogP contribution in [0.4, 0.5) is 8.78 Å². The van der Waals surface area contributed by atoms with Gasteiger partial charge in [0.15, 0.2) is 5.82 Å². The monoisotopic (exact) mass is 267 g/mol. The Bertz CT molecular complexity index is 379. The lowest BCUT2D eigenvalue weighted by Gasteiger charge is -2.26. The van der Waals surface area contributed by atoms with Gasteiger partial charge in [0, 0.05) is 0 Å². The highest BCUT2D eigenvalue weighted by molar-refractivity contribution is 6.21. The Balaban J connectivity index is 1.89. The van der Waals surface area contributed by atoms with E-state index in [1.54, 1.807) is 0 Å². The van der Waals surface area contributed by atoms with Crippen LogP contribution in [0.15, 0.2) is 4.52 Å². The molecule has 1 saturated carbocycles. The Kier molecular flexibility index (Phi) is 3.60. The molecule has 0 aliphatic heterocycles. The Hall–Kier alpha value is -0.790. The van der Waals surface area contributed by atoms with Crippen LogP contribution < -0.4 is 5.73 Å². The third-order valence-corrected chi connectivity index (χ3v) is 2.74. The Morgan fingerprint density at radius 3 is 2.76 bits per heavy atom. The fraction of sp³-hybridized carbons (Fsp3) is 0.778. The highest BCUT2D eigenvalue weighted by atomic mass is 35.5. The molecular formula is C9H12ClF2N3O2. The van der Waals surface area contributed by atoms with Crippen LogP contribution in [0.1, 0.15) is 37.0 Å². The molecule has 1 aliphatic rings. The maximum absolute atomic E-state index is 12.6. The minimum atomic E-state index is -3.67. The second-order valence-electron chi connectivity index (χ2n) is 3.95. The van der Waals surface area contributed by atoms with Crippen LogP contribution in [0.25, 0.3) is 0 Å². The van der Waals surface area contributed by atoms with Crippen LogP contribution in [0, 0.1) is 0 Å². The summed E-state index contributed by atoms with van der Waals surface area (Å²) in [6, 6.07) is -0.688. The molecule has 0 aromatic carbocycles. The summed E-state index contributed by atoms with van der Waals surface area (Å²) in [5.41, 5.74) is 5.68. The van der Waals surface area contributed by atoms with Gasteiger partial charge in [-0.15, -0.1) is 0 Å². The van der Waals surface area contributed by atoms with Gasteiger partial charge in [0.1, 0.15) is 0 Å². The van der Waals surface area contributed by atoms with E-state index < -0.39 is 17.3 Å². The topological polar surface area (TPSA) is 74.2 Å². The molecule has 0 bridgehead atoms. The zero-order valence-corrected chi connectivity index (χ0v) is 9.66. The van der Waals surface area contributed by atoms with Crippen molar-refractivity contribution >= 4 is 11.6 Å². The van der Waals surface area contributed by atoms with Crippen LogP contribution in [0.3, 0.4) is 0 Å². The van der Waals surface area contributed by atoms with Gasteiger partial charge in [0.2, 0.25) is 0 Å².